The van der Waals surface area contributed by atoms with Crippen LogP contribution in [0.3, 0.4) is 0 Å². The summed E-state index contributed by atoms with van der Waals surface area (Å²) in [7, 11) is 4.88. The lowest BCUT2D eigenvalue weighted by molar-refractivity contribution is -0.143. The van der Waals surface area contributed by atoms with Crippen LogP contribution in [0.25, 0.3) is 0 Å². The van der Waals surface area contributed by atoms with Gasteiger partial charge in [0.15, 0.2) is 0 Å². The fourth-order valence-electron chi connectivity index (χ4n) is 3.77. The summed E-state index contributed by atoms with van der Waals surface area (Å²) in [6.07, 6.45) is -0.259. The highest BCUT2D eigenvalue weighted by Crippen LogP contribution is 2.02. The summed E-state index contributed by atoms with van der Waals surface area (Å²) in [5.41, 5.74) is 0. The molecule has 0 aromatic rings. The van der Waals surface area contributed by atoms with Crippen LogP contribution >= 0.6 is 0 Å². The molecule has 52 heavy (non-hydrogen) atoms. The lowest BCUT2D eigenvalue weighted by Crippen LogP contribution is -2.28. The molecule has 2 atom stereocenters. The molecule has 0 fully saturated rings. The predicted molar refractivity (Wildman–Crippen MR) is 186 cm³/mol. The van der Waals surface area contributed by atoms with Crippen LogP contribution in [0.5, 0.6) is 0 Å². The molecule has 0 saturated heterocycles. The van der Waals surface area contributed by atoms with E-state index in [1.54, 1.807) is 21.3 Å². The van der Waals surface area contributed by atoms with E-state index in [0.717, 1.165) is 0 Å². The Labute approximate surface area is 310 Å². The minimum Gasteiger partial charge on any atom is -0.480 e. The smallest absolute Gasteiger partial charge is 0.329 e. The summed E-state index contributed by atoms with van der Waals surface area (Å²) in [6.45, 7) is 11.3. The van der Waals surface area contributed by atoms with Crippen LogP contribution in [0.15, 0.2) is 0 Å². The van der Waals surface area contributed by atoms with Crippen LogP contribution in [-0.2, 0) is 80.6 Å². The van der Waals surface area contributed by atoms with Crippen molar-refractivity contribution in [2.75, 3.05) is 206 Å². The van der Waals surface area contributed by atoms with E-state index in [2.05, 4.69) is 0 Å². The van der Waals surface area contributed by atoms with Crippen molar-refractivity contribution in [3.8, 4) is 0 Å². The molecule has 18 nitrogen and oxygen atoms in total. The molecule has 0 amide bonds. The van der Waals surface area contributed by atoms with Gasteiger partial charge < -0.3 is 80.9 Å². The van der Waals surface area contributed by atoms with Crippen LogP contribution < -0.4 is 0 Å². The molecule has 18 heteroatoms. The maximum absolute atomic E-state index is 10.8. The Kier molecular flexibility index (Phi) is 43.2. The molecule has 0 aliphatic carbocycles. The van der Waals surface area contributed by atoms with Gasteiger partial charge in [0.25, 0.3) is 0 Å². The molecule has 312 valence electrons. The minimum atomic E-state index is -1.03. The van der Waals surface area contributed by atoms with Gasteiger partial charge in [0.05, 0.1) is 178 Å². The minimum absolute atomic E-state index is 0.149. The number of aliphatic carboxylic acids is 1. The molecule has 0 rings (SSSR count). The fraction of sp³-hybridized carbons (Fsp3) is 0.971. The second-order valence-electron chi connectivity index (χ2n) is 10.8. The third-order valence-electron chi connectivity index (χ3n) is 6.37. The van der Waals surface area contributed by atoms with Gasteiger partial charge in [-0.25, -0.2) is 4.79 Å². The van der Waals surface area contributed by atoms with Gasteiger partial charge in [0.1, 0.15) is 12.7 Å². The first-order valence-corrected chi connectivity index (χ1v) is 17.9. The van der Waals surface area contributed by atoms with E-state index in [-0.39, 0.29) is 25.2 Å². The van der Waals surface area contributed by atoms with E-state index in [4.69, 9.17) is 80.9 Å². The van der Waals surface area contributed by atoms with Crippen LogP contribution in [0.4, 0.5) is 0 Å². The first-order valence-electron chi connectivity index (χ1n) is 17.9. The molecule has 0 heterocycles. The normalized spacial score (nSPS) is 12.8. The van der Waals surface area contributed by atoms with Crippen molar-refractivity contribution in [2.24, 2.45) is 5.92 Å². The number of carboxylic acids is 1. The van der Waals surface area contributed by atoms with E-state index >= 15 is 0 Å². The number of ether oxygens (including phenoxy) is 16. The highest BCUT2D eigenvalue weighted by Gasteiger charge is 2.12. The maximum Gasteiger partial charge on any atom is 0.329 e. The van der Waals surface area contributed by atoms with Crippen molar-refractivity contribution in [2.45, 2.75) is 6.10 Å². The summed E-state index contributed by atoms with van der Waals surface area (Å²) in [5, 5.41) is 8.87. The molecular formula is C34H68O18. The molecule has 0 saturated carbocycles. The van der Waals surface area contributed by atoms with E-state index in [1.165, 1.54) is 0 Å². The van der Waals surface area contributed by atoms with E-state index in [1.807, 2.05) is 0 Å². The van der Waals surface area contributed by atoms with Crippen molar-refractivity contribution in [3.05, 3.63) is 0 Å². The SMILES string of the molecule is COCCOCCOCCOCCOCC(COCCOCCOCC(COCCOCCOCCOCCOC)OCCOC)COCC(=O)O. The van der Waals surface area contributed by atoms with E-state index in [9.17, 15) is 4.79 Å². The quantitative estimate of drug-likeness (QED) is 0.0829. The van der Waals surface area contributed by atoms with Gasteiger partial charge in [-0.3, -0.25) is 0 Å². The van der Waals surface area contributed by atoms with Crippen LogP contribution in [-0.4, -0.2) is 224 Å². The predicted octanol–water partition coefficient (Wildman–Crippen LogP) is 0.211. The zero-order valence-electron chi connectivity index (χ0n) is 31.8. The molecule has 0 aromatic carbocycles. The number of hydrogen-bond donors (Lipinski definition) is 1. The zero-order valence-corrected chi connectivity index (χ0v) is 31.8. The Bertz CT molecular complexity index is 695. The second kappa shape index (κ2) is 44.2. The highest BCUT2D eigenvalue weighted by atomic mass is 16.6. The van der Waals surface area contributed by atoms with Gasteiger partial charge in [-0.15, -0.1) is 0 Å². The zero-order chi connectivity index (χ0) is 37.8. The Hall–Kier alpha value is -1.17. The highest BCUT2D eigenvalue weighted by molar-refractivity contribution is 5.67. The molecule has 1 N–H and O–H groups in total. The molecule has 0 bridgehead atoms. The topological polar surface area (TPSA) is 185 Å². The Morgan fingerprint density at radius 3 is 0.962 bits per heavy atom. The maximum atomic E-state index is 10.8. The second-order valence-corrected chi connectivity index (χ2v) is 10.8. The van der Waals surface area contributed by atoms with Gasteiger partial charge >= 0.3 is 5.97 Å². The van der Waals surface area contributed by atoms with E-state index in [0.29, 0.717) is 172 Å². The van der Waals surface area contributed by atoms with Crippen molar-refractivity contribution in [1.29, 1.82) is 0 Å². The molecule has 0 radical (unpaired) electrons. The molecular weight excluding hydrogens is 696 g/mol. The Morgan fingerprint density at radius 1 is 0.365 bits per heavy atom. The molecule has 0 aromatic heterocycles. The van der Waals surface area contributed by atoms with Gasteiger partial charge in [-0.1, -0.05) is 0 Å². The third-order valence-corrected chi connectivity index (χ3v) is 6.37. The van der Waals surface area contributed by atoms with Crippen LogP contribution in [0.1, 0.15) is 0 Å². The van der Waals surface area contributed by atoms with Crippen LogP contribution in [0.2, 0.25) is 0 Å². The average molecular weight is 765 g/mol. The summed E-state index contributed by atoms with van der Waals surface area (Å²) in [4.78, 5) is 10.8. The largest absolute Gasteiger partial charge is 0.480 e. The van der Waals surface area contributed by atoms with Gasteiger partial charge in [0.2, 0.25) is 0 Å². The number of hydrogen-bond acceptors (Lipinski definition) is 17. The summed E-state index contributed by atoms with van der Waals surface area (Å²) < 4.78 is 86.9. The number of carboxylic acid groups (broad SMARTS) is 1. The number of methoxy groups -OCH3 is 3. The van der Waals surface area contributed by atoms with Gasteiger partial charge in [-0.2, -0.15) is 0 Å². The van der Waals surface area contributed by atoms with Crippen molar-refractivity contribution in [3.63, 3.8) is 0 Å². The third kappa shape index (κ3) is 41.6. The summed E-state index contributed by atoms with van der Waals surface area (Å²) in [6, 6.07) is 0. The van der Waals surface area contributed by atoms with Crippen molar-refractivity contribution < 1.29 is 85.7 Å². The summed E-state index contributed by atoms with van der Waals surface area (Å²) >= 11 is 0. The number of rotatable bonds is 46. The Morgan fingerprint density at radius 2 is 0.635 bits per heavy atom. The molecule has 2 unspecified atom stereocenters. The monoisotopic (exact) mass is 764 g/mol. The van der Waals surface area contributed by atoms with Gasteiger partial charge in [-0.05, 0) is 0 Å². The van der Waals surface area contributed by atoms with Crippen molar-refractivity contribution >= 4 is 5.97 Å². The lowest BCUT2D eigenvalue weighted by atomic mass is 10.2. The first kappa shape index (κ1) is 50.8. The summed E-state index contributed by atoms with van der Waals surface area (Å²) in [5.74, 6) is -1.18. The average Bonchev–Trinajstić information content (AvgIpc) is 3.14. The first-order chi connectivity index (χ1) is 25.6. The Balaban J connectivity index is 3.94. The fourth-order valence-corrected chi connectivity index (χ4v) is 3.77. The van der Waals surface area contributed by atoms with Gasteiger partial charge in [0, 0.05) is 27.2 Å². The van der Waals surface area contributed by atoms with E-state index < -0.39 is 5.97 Å². The molecule has 0 aliphatic rings. The molecule has 0 aliphatic heterocycles. The number of carbonyl (C=O) groups is 1. The lowest BCUT2D eigenvalue weighted by Gasteiger charge is -2.18. The molecule has 0 spiro atoms. The van der Waals surface area contributed by atoms with Crippen molar-refractivity contribution in [1.82, 2.24) is 0 Å². The standard InChI is InChI=1S/C34H68O18/c1-37-4-7-40-9-11-42-13-15-44-17-21-47-26-32(28-51-31-34(35)36)27-48-22-18-46-20-24-50-30-33(52-25-6-39-3)29-49-23-19-45-16-14-43-12-10-41-8-5-38-2/h32-33H,4-31H2,1-3H3,(H,35,36). The van der Waals surface area contributed by atoms with Crippen LogP contribution in [0, 0.1) is 5.92 Å².